The van der Waals surface area contributed by atoms with Crippen LogP contribution in [0.5, 0.6) is 0 Å². The summed E-state index contributed by atoms with van der Waals surface area (Å²) in [5, 5.41) is 7.56. The van der Waals surface area contributed by atoms with Crippen LogP contribution in [0.25, 0.3) is 5.69 Å². The molecule has 26 heavy (non-hydrogen) atoms. The van der Waals surface area contributed by atoms with E-state index < -0.39 is 0 Å². The van der Waals surface area contributed by atoms with E-state index in [1.54, 1.807) is 12.4 Å². The van der Waals surface area contributed by atoms with Gasteiger partial charge in [-0.15, -0.1) is 0 Å². The number of benzene rings is 1. The van der Waals surface area contributed by atoms with Crippen molar-refractivity contribution in [2.24, 2.45) is 0 Å². The summed E-state index contributed by atoms with van der Waals surface area (Å²) in [6.45, 7) is 6.03. The molecule has 0 saturated heterocycles. The highest BCUT2D eigenvalue weighted by atomic mass is 16.1. The Morgan fingerprint density at radius 2 is 1.96 bits per heavy atom. The molecule has 2 aromatic heterocycles. The normalized spacial score (nSPS) is 12.0. The third-order valence-corrected chi connectivity index (χ3v) is 4.39. The number of pyridine rings is 1. The summed E-state index contributed by atoms with van der Waals surface area (Å²) in [7, 11) is 0. The van der Waals surface area contributed by atoms with E-state index in [9.17, 15) is 4.79 Å². The topological polar surface area (TPSA) is 59.8 Å². The first-order chi connectivity index (χ1) is 12.5. The van der Waals surface area contributed by atoms with Gasteiger partial charge in [-0.1, -0.05) is 18.2 Å². The number of hydrogen-bond acceptors (Lipinski definition) is 3. The quantitative estimate of drug-likeness (QED) is 0.739. The molecule has 1 atom stereocenters. The second-order valence-electron chi connectivity index (χ2n) is 6.58. The summed E-state index contributed by atoms with van der Waals surface area (Å²) < 4.78 is 1.93. The van der Waals surface area contributed by atoms with E-state index in [0.29, 0.717) is 12.8 Å². The van der Waals surface area contributed by atoms with Crippen molar-refractivity contribution in [1.82, 2.24) is 20.1 Å². The molecule has 2 heterocycles. The van der Waals surface area contributed by atoms with Gasteiger partial charge in [-0.3, -0.25) is 9.78 Å². The number of rotatable bonds is 6. The van der Waals surface area contributed by atoms with E-state index in [0.717, 1.165) is 28.2 Å². The molecular formula is C21H24N4O. The fourth-order valence-electron chi connectivity index (χ4n) is 3.00. The Labute approximate surface area is 154 Å². The van der Waals surface area contributed by atoms with Crippen LogP contribution in [0.2, 0.25) is 0 Å². The number of amides is 1. The zero-order valence-corrected chi connectivity index (χ0v) is 15.4. The highest BCUT2D eigenvalue weighted by molar-refractivity contribution is 5.76. The van der Waals surface area contributed by atoms with Crippen LogP contribution in [0, 0.1) is 13.8 Å². The predicted molar refractivity (Wildman–Crippen MR) is 102 cm³/mol. The summed E-state index contributed by atoms with van der Waals surface area (Å²) in [6.07, 6.45) is 4.69. The molecule has 1 N–H and O–H groups in total. The summed E-state index contributed by atoms with van der Waals surface area (Å²) in [5.74, 6) is 0.0453. The molecule has 3 aromatic rings. The van der Waals surface area contributed by atoms with Crippen molar-refractivity contribution < 1.29 is 4.79 Å². The van der Waals surface area contributed by atoms with Gasteiger partial charge in [0.1, 0.15) is 0 Å². The van der Waals surface area contributed by atoms with Crippen LogP contribution in [-0.4, -0.2) is 20.7 Å². The van der Waals surface area contributed by atoms with Crippen molar-refractivity contribution in [3.63, 3.8) is 0 Å². The first kappa shape index (κ1) is 17.9. The average molecular weight is 348 g/mol. The molecule has 1 aromatic carbocycles. The number of hydrogen-bond donors (Lipinski definition) is 1. The molecule has 0 aliphatic heterocycles. The highest BCUT2D eigenvalue weighted by Gasteiger charge is 2.11. The molecule has 5 nitrogen and oxygen atoms in total. The Morgan fingerprint density at radius 3 is 2.58 bits per heavy atom. The first-order valence-electron chi connectivity index (χ1n) is 8.85. The van der Waals surface area contributed by atoms with Crippen LogP contribution in [0.3, 0.4) is 0 Å². The first-order valence-corrected chi connectivity index (χ1v) is 8.85. The van der Waals surface area contributed by atoms with E-state index in [4.69, 9.17) is 0 Å². The molecule has 3 rings (SSSR count). The Morgan fingerprint density at radius 1 is 1.19 bits per heavy atom. The number of aromatic nitrogens is 3. The predicted octanol–water partition coefficient (Wildman–Crippen LogP) is 3.69. The van der Waals surface area contributed by atoms with Crippen LogP contribution in [-0.2, 0) is 11.2 Å². The number of nitrogens with one attached hydrogen (secondary N) is 1. The number of aryl methyl sites for hydroxylation is 3. The summed E-state index contributed by atoms with van der Waals surface area (Å²) in [6, 6.07) is 14.0. The molecule has 1 amide bonds. The SMILES string of the molecule is Cc1cc(C)n(-c2ccc(C(C)NC(=O)CCc3cccnc3)cc2)n1. The van der Waals surface area contributed by atoms with Gasteiger partial charge in [0, 0.05) is 24.5 Å². The zero-order valence-electron chi connectivity index (χ0n) is 15.4. The van der Waals surface area contributed by atoms with Crippen molar-refractivity contribution in [2.75, 3.05) is 0 Å². The maximum Gasteiger partial charge on any atom is 0.220 e. The van der Waals surface area contributed by atoms with Gasteiger partial charge >= 0.3 is 0 Å². The number of carbonyl (C=O) groups is 1. The molecule has 0 saturated carbocycles. The molecule has 5 heteroatoms. The Kier molecular flexibility index (Phi) is 5.46. The lowest BCUT2D eigenvalue weighted by atomic mass is 10.1. The van der Waals surface area contributed by atoms with Gasteiger partial charge in [0.15, 0.2) is 0 Å². The smallest absolute Gasteiger partial charge is 0.220 e. The molecule has 134 valence electrons. The number of carbonyl (C=O) groups excluding carboxylic acids is 1. The molecular weight excluding hydrogens is 324 g/mol. The molecule has 1 unspecified atom stereocenters. The van der Waals surface area contributed by atoms with Gasteiger partial charge in [-0.25, -0.2) is 4.68 Å². The molecule has 0 aliphatic rings. The molecule has 0 spiro atoms. The lowest BCUT2D eigenvalue weighted by Crippen LogP contribution is -2.26. The van der Waals surface area contributed by atoms with Gasteiger partial charge in [0.05, 0.1) is 17.4 Å². The largest absolute Gasteiger partial charge is 0.350 e. The van der Waals surface area contributed by atoms with Crippen molar-refractivity contribution in [1.29, 1.82) is 0 Å². The van der Waals surface area contributed by atoms with Gasteiger partial charge in [0.25, 0.3) is 0 Å². The van der Waals surface area contributed by atoms with E-state index in [1.807, 2.05) is 61.9 Å². The maximum absolute atomic E-state index is 12.2. The van der Waals surface area contributed by atoms with E-state index in [-0.39, 0.29) is 11.9 Å². The minimum Gasteiger partial charge on any atom is -0.350 e. The third kappa shape index (κ3) is 4.36. The van der Waals surface area contributed by atoms with Crippen LogP contribution < -0.4 is 5.32 Å². The third-order valence-electron chi connectivity index (χ3n) is 4.39. The van der Waals surface area contributed by atoms with Crippen LogP contribution in [0.4, 0.5) is 0 Å². The fraction of sp³-hybridized carbons (Fsp3) is 0.286. The average Bonchev–Trinajstić information content (AvgIpc) is 2.99. The van der Waals surface area contributed by atoms with Crippen LogP contribution in [0.1, 0.15) is 41.9 Å². The van der Waals surface area contributed by atoms with Gasteiger partial charge in [-0.2, -0.15) is 5.10 Å². The molecule has 0 fully saturated rings. The minimum atomic E-state index is -0.0362. The minimum absolute atomic E-state index is 0.0362. The van der Waals surface area contributed by atoms with E-state index in [1.165, 1.54) is 0 Å². The van der Waals surface area contributed by atoms with Gasteiger partial charge in [0.2, 0.25) is 5.91 Å². The highest BCUT2D eigenvalue weighted by Crippen LogP contribution is 2.17. The second kappa shape index (κ2) is 7.95. The van der Waals surface area contributed by atoms with Crippen LogP contribution >= 0.6 is 0 Å². The van der Waals surface area contributed by atoms with Crippen molar-refractivity contribution >= 4 is 5.91 Å². The number of nitrogens with zero attached hydrogens (tertiary/aromatic N) is 3. The maximum atomic E-state index is 12.2. The molecule has 0 radical (unpaired) electrons. The Balaban J connectivity index is 1.58. The monoisotopic (exact) mass is 348 g/mol. The lowest BCUT2D eigenvalue weighted by Gasteiger charge is -2.15. The Bertz CT molecular complexity index is 869. The molecule has 0 bridgehead atoms. The van der Waals surface area contributed by atoms with Crippen molar-refractivity contribution in [3.05, 3.63) is 77.4 Å². The molecule has 0 aliphatic carbocycles. The lowest BCUT2D eigenvalue weighted by molar-refractivity contribution is -0.121. The second-order valence-corrected chi connectivity index (χ2v) is 6.58. The van der Waals surface area contributed by atoms with Gasteiger partial charge < -0.3 is 5.32 Å². The fourth-order valence-corrected chi connectivity index (χ4v) is 3.00. The van der Waals surface area contributed by atoms with Crippen molar-refractivity contribution in [3.8, 4) is 5.69 Å². The van der Waals surface area contributed by atoms with Crippen molar-refractivity contribution in [2.45, 2.75) is 39.7 Å². The summed E-state index contributed by atoms with van der Waals surface area (Å²) in [5.41, 5.74) is 5.27. The standard InChI is InChI=1S/C21H24N4O/c1-15-13-16(2)25(24-15)20-9-7-19(8-10-20)17(3)23-21(26)11-6-18-5-4-12-22-14-18/h4-5,7-10,12-14,17H,6,11H2,1-3H3,(H,23,26). The summed E-state index contributed by atoms with van der Waals surface area (Å²) in [4.78, 5) is 16.3. The Hall–Kier alpha value is -2.95. The van der Waals surface area contributed by atoms with E-state index >= 15 is 0 Å². The van der Waals surface area contributed by atoms with Crippen LogP contribution in [0.15, 0.2) is 54.9 Å². The van der Waals surface area contributed by atoms with Gasteiger partial charge in [-0.05, 0) is 62.6 Å². The zero-order chi connectivity index (χ0) is 18.5. The van der Waals surface area contributed by atoms with E-state index in [2.05, 4.69) is 21.5 Å². The summed E-state index contributed by atoms with van der Waals surface area (Å²) >= 11 is 0.